The predicted molar refractivity (Wildman–Crippen MR) is 97.5 cm³/mol. The van der Waals surface area contributed by atoms with Crippen LogP contribution in [0.4, 0.5) is 13.2 Å². The first kappa shape index (κ1) is 20.2. The monoisotopic (exact) mass is 406 g/mol. The third-order valence-electron chi connectivity index (χ3n) is 4.04. The number of rotatable bonds is 6. The second-order valence-electron chi connectivity index (χ2n) is 6.19. The van der Waals surface area contributed by atoms with E-state index in [1.165, 1.54) is 35.3 Å². The molecule has 0 aliphatic heterocycles. The molecule has 0 saturated carbocycles. The first-order valence-electron chi connectivity index (χ1n) is 8.58. The molecule has 2 aromatic carbocycles. The van der Waals surface area contributed by atoms with Crippen LogP contribution in [0.1, 0.15) is 18.5 Å². The summed E-state index contributed by atoms with van der Waals surface area (Å²) in [7, 11) is 0. The van der Waals surface area contributed by atoms with Crippen molar-refractivity contribution in [2.24, 2.45) is 0 Å². The Bertz CT molecular complexity index is 1030. The molecule has 3 aromatic rings. The van der Waals surface area contributed by atoms with E-state index in [4.69, 9.17) is 0 Å². The van der Waals surface area contributed by atoms with Crippen molar-refractivity contribution in [1.29, 1.82) is 0 Å². The van der Waals surface area contributed by atoms with Gasteiger partial charge in [-0.15, -0.1) is 13.2 Å². The van der Waals surface area contributed by atoms with E-state index >= 15 is 0 Å². The zero-order chi connectivity index (χ0) is 21.0. The second kappa shape index (κ2) is 8.21. The average molecular weight is 406 g/mol. The standard InChI is InChI=1S/C19H17F3N4O3/c1-13(14-7-9-16(10-8-14)29-19(20,21)22)24-17(27)11-25-12-23-26(18(25)28)15-5-3-2-4-6-15/h2-10,12-13H,11H2,1H3,(H,24,27)/t13-/m0/s1. The van der Waals surface area contributed by atoms with E-state index in [0.29, 0.717) is 11.3 Å². The topological polar surface area (TPSA) is 78.2 Å². The number of aromatic nitrogens is 3. The summed E-state index contributed by atoms with van der Waals surface area (Å²) in [5, 5.41) is 6.69. The number of amides is 1. The molecule has 1 N–H and O–H groups in total. The zero-order valence-corrected chi connectivity index (χ0v) is 15.3. The van der Waals surface area contributed by atoms with Gasteiger partial charge in [0.1, 0.15) is 18.6 Å². The molecule has 0 unspecified atom stereocenters. The lowest BCUT2D eigenvalue weighted by atomic mass is 10.1. The van der Waals surface area contributed by atoms with E-state index < -0.39 is 24.0 Å². The molecular weight excluding hydrogens is 389 g/mol. The van der Waals surface area contributed by atoms with Gasteiger partial charge < -0.3 is 10.1 Å². The van der Waals surface area contributed by atoms with Crippen LogP contribution in [0.25, 0.3) is 5.69 Å². The number of halogens is 3. The van der Waals surface area contributed by atoms with Crippen molar-refractivity contribution in [2.75, 3.05) is 0 Å². The third kappa shape index (κ3) is 5.24. The molecule has 10 heteroatoms. The fraction of sp³-hybridized carbons (Fsp3) is 0.211. The summed E-state index contributed by atoms with van der Waals surface area (Å²) in [4.78, 5) is 24.7. The smallest absolute Gasteiger partial charge is 0.406 e. The molecule has 1 aromatic heterocycles. The van der Waals surface area contributed by atoms with Crippen LogP contribution >= 0.6 is 0 Å². The Hall–Kier alpha value is -3.56. The van der Waals surface area contributed by atoms with Crippen molar-refractivity contribution in [3.63, 3.8) is 0 Å². The van der Waals surface area contributed by atoms with Crippen molar-refractivity contribution in [3.8, 4) is 11.4 Å². The maximum atomic E-state index is 12.4. The van der Waals surface area contributed by atoms with Crippen molar-refractivity contribution in [3.05, 3.63) is 77.0 Å². The van der Waals surface area contributed by atoms with Crippen molar-refractivity contribution in [1.82, 2.24) is 19.7 Å². The molecule has 7 nitrogen and oxygen atoms in total. The minimum absolute atomic E-state index is 0.245. The number of ether oxygens (including phenoxy) is 1. The quantitative estimate of drug-likeness (QED) is 0.683. The molecule has 0 spiro atoms. The molecule has 0 aliphatic carbocycles. The van der Waals surface area contributed by atoms with Gasteiger partial charge in [-0.25, -0.2) is 4.79 Å². The van der Waals surface area contributed by atoms with Gasteiger partial charge in [0.15, 0.2) is 0 Å². The summed E-state index contributed by atoms with van der Waals surface area (Å²) < 4.78 is 42.8. The molecular formula is C19H17F3N4O3. The SMILES string of the molecule is C[C@H](NC(=O)Cn1cnn(-c2ccccc2)c1=O)c1ccc(OC(F)(F)F)cc1. The Kier molecular flexibility index (Phi) is 5.71. The Morgan fingerprint density at radius 1 is 1.14 bits per heavy atom. The Morgan fingerprint density at radius 3 is 2.41 bits per heavy atom. The Balaban J connectivity index is 1.62. The fourth-order valence-electron chi connectivity index (χ4n) is 2.67. The second-order valence-corrected chi connectivity index (χ2v) is 6.19. The summed E-state index contributed by atoms with van der Waals surface area (Å²) >= 11 is 0. The largest absolute Gasteiger partial charge is 0.573 e. The minimum atomic E-state index is -4.77. The molecule has 0 bridgehead atoms. The molecule has 1 atom stereocenters. The zero-order valence-electron chi connectivity index (χ0n) is 15.3. The molecule has 29 heavy (non-hydrogen) atoms. The average Bonchev–Trinajstić information content (AvgIpc) is 3.02. The van der Waals surface area contributed by atoms with Crippen LogP contribution in [0, 0.1) is 0 Å². The molecule has 3 rings (SSSR count). The number of nitrogens with one attached hydrogen (secondary N) is 1. The number of hydrogen-bond acceptors (Lipinski definition) is 4. The number of alkyl halides is 3. The van der Waals surface area contributed by atoms with Gasteiger partial charge in [-0.2, -0.15) is 9.78 Å². The van der Waals surface area contributed by atoms with Crippen LogP contribution in [-0.2, 0) is 11.3 Å². The van der Waals surface area contributed by atoms with Gasteiger partial charge in [-0.1, -0.05) is 30.3 Å². The highest BCUT2D eigenvalue weighted by Crippen LogP contribution is 2.24. The summed E-state index contributed by atoms with van der Waals surface area (Å²) in [5.74, 6) is -0.789. The molecule has 0 fully saturated rings. The lowest BCUT2D eigenvalue weighted by Crippen LogP contribution is -2.34. The highest BCUT2D eigenvalue weighted by atomic mass is 19.4. The summed E-state index contributed by atoms with van der Waals surface area (Å²) in [5.41, 5.74) is 0.694. The first-order chi connectivity index (χ1) is 13.7. The van der Waals surface area contributed by atoms with Gasteiger partial charge in [-0.05, 0) is 36.8 Å². The normalized spacial score (nSPS) is 12.4. The van der Waals surface area contributed by atoms with Gasteiger partial charge in [0, 0.05) is 0 Å². The summed E-state index contributed by atoms with van der Waals surface area (Å²) in [6, 6.07) is 13.5. The molecule has 152 valence electrons. The number of carbonyl (C=O) groups excluding carboxylic acids is 1. The molecule has 0 aliphatic rings. The van der Waals surface area contributed by atoms with Crippen LogP contribution < -0.4 is 15.7 Å². The van der Waals surface area contributed by atoms with Crippen molar-refractivity contribution >= 4 is 5.91 Å². The van der Waals surface area contributed by atoms with Gasteiger partial charge in [0.05, 0.1) is 11.7 Å². The van der Waals surface area contributed by atoms with Crippen LogP contribution in [0.3, 0.4) is 0 Å². The highest BCUT2D eigenvalue weighted by Gasteiger charge is 2.31. The molecule has 0 radical (unpaired) electrons. The number of nitrogens with zero attached hydrogens (tertiary/aromatic N) is 3. The summed E-state index contributed by atoms with van der Waals surface area (Å²) in [6.07, 6.45) is -3.50. The van der Waals surface area contributed by atoms with E-state index in [0.717, 1.165) is 4.57 Å². The van der Waals surface area contributed by atoms with E-state index in [1.807, 2.05) is 6.07 Å². The minimum Gasteiger partial charge on any atom is -0.406 e. The lowest BCUT2D eigenvalue weighted by molar-refractivity contribution is -0.274. The van der Waals surface area contributed by atoms with Gasteiger partial charge >= 0.3 is 12.1 Å². The number of hydrogen-bond donors (Lipinski definition) is 1. The summed E-state index contributed by atoms with van der Waals surface area (Å²) in [6.45, 7) is 1.43. The Morgan fingerprint density at radius 2 is 1.79 bits per heavy atom. The van der Waals surface area contributed by atoms with Crippen LogP contribution in [-0.4, -0.2) is 26.6 Å². The molecule has 1 heterocycles. The van der Waals surface area contributed by atoms with Gasteiger partial charge in [0.25, 0.3) is 0 Å². The van der Waals surface area contributed by atoms with E-state index in [-0.39, 0.29) is 12.3 Å². The van der Waals surface area contributed by atoms with Gasteiger partial charge in [0.2, 0.25) is 5.91 Å². The lowest BCUT2D eigenvalue weighted by Gasteiger charge is -2.15. The number of carbonyl (C=O) groups is 1. The van der Waals surface area contributed by atoms with Crippen molar-refractivity contribution < 1.29 is 22.7 Å². The maximum absolute atomic E-state index is 12.4. The number of para-hydroxylation sites is 1. The van der Waals surface area contributed by atoms with Gasteiger partial charge in [-0.3, -0.25) is 9.36 Å². The van der Waals surface area contributed by atoms with Crippen LogP contribution in [0.5, 0.6) is 5.75 Å². The predicted octanol–water partition coefficient (Wildman–Crippen LogP) is 2.81. The van der Waals surface area contributed by atoms with Crippen LogP contribution in [0.15, 0.2) is 65.7 Å². The van der Waals surface area contributed by atoms with E-state index in [2.05, 4.69) is 15.2 Å². The Labute approximate surface area is 163 Å². The third-order valence-corrected chi connectivity index (χ3v) is 4.04. The van der Waals surface area contributed by atoms with Crippen LogP contribution in [0.2, 0.25) is 0 Å². The molecule has 1 amide bonds. The van der Waals surface area contributed by atoms with E-state index in [9.17, 15) is 22.8 Å². The molecule has 0 saturated heterocycles. The van der Waals surface area contributed by atoms with E-state index in [1.54, 1.807) is 31.2 Å². The fourth-order valence-corrected chi connectivity index (χ4v) is 2.67. The number of benzene rings is 2. The first-order valence-corrected chi connectivity index (χ1v) is 8.58. The van der Waals surface area contributed by atoms with Crippen molar-refractivity contribution in [2.45, 2.75) is 25.9 Å². The highest BCUT2D eigenvalue weighted by molar-refractivity contribution is 5.76. The maximum Gasteiger partial charge on any atom is 0.573 e.